The van der Waals surface area contributed by atoms with E-state index in [1.807, 2.05) is 47.4 Å². The summed E-state index contributed by atoms with van der Waals surface area (Å²) in [5.74, 6) is 0. The highest BCUT2D eigenvalue weighted by molar-refractivity contribution is 6.30. The van der Waals surface area contributed by atoms with Crippen LogP contribution in [0.25, 0.3) is 0 Å². The molecule has 1 heterocycles. The average Bonchev–Trinajstić information content (AvgIpc) is 2.67. The first-order chi connectivity index (χ1) is 12.6. The normalized spacial score (nSPS) is 19.2. The molecular formula is C21H26ClN3O. The number of benzene rings is 2. The largest absolute Gasteiger partial charge is 0.331 e. The molecule has 26 heavy (non-hydrogen) atoms. The molecule has 4 nitrogen and oxygen atoms in total. The summed E-state index contributed by atoms with van der Waals surface area (Å²) < 4.78 is 0. The fourth-order valence-corrected chi connectivity index (χ4v) is 3.60. The minimum Gasteiger partial charge on any atom is -0.331 e. The van der Waals surface area contributed by atoms with Gasteiger partial charge in [0.15, 0.2) is 0 Å². The van der Waals surface area contributed by atoms with Gasteiger partial charge >= 0.3 is 6.03 Å². The Labute approximate surface area is 160 Å². The van der Waals surface area contributed by atoms with Gasteiger partial charge in [0.25, 0.3) is 0 Å². The third kappa shape index (κ3) is 4.37. The Kier molecular flexibility index (Phi) is 6.17. The lowest BCUT2D eigenvalue weighted by molar-refractivity contribution is 0.107. The van der Waals surface area contributed by atoms with Crippen LogP contribution in [0.15, 0.2) is 54.6 Å². The fraction of sp³-hybridized carbons (Fsp3) is 0.381. The number of hydrogen-bond donors (Lipinski definition) is 1. The van der Waals surface area contributed by atoms with Crippen LogP contribution in [0.5, 0.6) is 0 Å². The number of rotatable bonds is 4. The van der Waals surface area contributed by atoms with Crippen LogP contribution in [0.4, 0.5) is 4.79 Å². The first-order valence-corrected chi connectivity index (χ1v) is 9.52. The molecule has 0 aliphatic carbocycles. The van der Waals surface area contributed by atoms with Gasteiger partial charge in [-0.25, -0.2) is 4.79 Å². The third-order valence-electron chi connectivity index (χ3n) is 5.01. The molecule has 2 aromatic rings. The van der Waals surface area contributed by atoms with E-state index >= 15 is 0 Å². The number of nitrogens with zero attached hydrogens (tertiary/aromatic N) is 2. The van der Waals surface area contributed by atoms with Gasteiger partial charge in [0.2, 0.25) is 0 Å². The molecule has 1 fully saturated rings. The molecule has 1 N–H and O–H groups in total. The minimum absolute atomic E-state index is 0.00578. The van der Waals surface area contributed by atoms with Crippen molar-refractivity contribution in [1.29, 1.82) is 0 Å². The fourth-order valence-electron chi connectivity index (χ4n) is 3.47. The van der Waals surface area contributed by atoms with Crippen molar-refractivity contribution in [2.75, 3.05) is 26.7 Å². The quantitative estimate of drug-likeness (QED) is 0.859. The molecule has 1 aliphatic rings. The van der Waals surface area contributed by atoms with Crippen molar-refractivity contribution in [2.45, 2.75) is 25.4 Å². The zero-order valence-electron chi connectivity index (χ0n) is 15.4. The molecule has 138 valence electrons. The second-order valence-corrected chi connectivity index (χ2v) is 7.28. The van der Waals surface area contributed by atoms with Gasteiger partial charge < -0.3 is 15.1 Å². The third-order valence-corrected chi connectivity index (χ3v) is 5.26. The van der Waals surface area contributed by atoms with E-state index in [1.54, 1.807) is 0 Å². The van der Waals surface area contributed by atoms with E-state index in [4.69, 9.17) is 11.6 Å². The summed E-state index contributed by atoms with van der Waals surface area (Å²) in [7, 11) is 2.10. The lowest BCUT2D eigenvalue weighted by Gasteiger charge is -2.40. The Morgan fingerprint density at radius 2 is 1.85 bits per heavy atom. The van der Waals surface area contributed by atoms with E-state index in [9.17, 15) is 4.79 Å². The van der Waals surface area contributed by atoms with Crippen LogP contribution >= 0.6 is 11.6 Å². The van der Waals surface area contributed by atoms with E-state index in [0.29, 0.717) is 5.02 Å². The van der Waals surface area contributed by atoms with Crippen molar-refractivity contribution in [3.63, 3.8) is 0 Å². The maximum absolute atomic E-state index is 13.1. The first kappa shape index (κ1) is 18.7. The van der Waals surface area contributed by atoms with Gasteiger partial charge in [-0.2, -0.15) is 0 Å². The summed E-state index contributed by atoms with van der Waals surface area (Å²) in [5.41, 5.74) is 2.25. The highest BCUT2D eigenvalue weighted by Gasteiger charge is 2.31. The smallest absolute Gasteiger partial charge is 0.318 e. The summed E-state index contributed by atoms with van der Waals surface area (Å²) in [5, 5.41) is 3.92. The molecule has 5 heteroatoms. The second-order valence-electron chi connectivity index (χ2n) is 6.84. The summed E-state index contributed by atoms with van der Waals surface area (Å²) in [6.07, 6.45) is 0.830. The molecule has 0 spiro atoms. The number of amides is 2. The van der Waals surface area contributed by atoms with Crippen molar-refractivity contribution in [3.8, 4) is 0 Å². The standard InChI is InChI=1S/C21H26ClN3O/c1-3-19(16-9-11-18(22)12-10-16)23-21(26)25-14-13-24(2)15-20(25)17-7-5-4-6-8-17/h4-12,19-20H,3,13-15H2,1-2H3,(H,23,26). The SMILES string of the molecule is CCC(NC(=O)N1CCN(C)CC1c1ccccc1)c1ccc(Cl)cc1. The minimum atomic E-state index is -0.0177. The van der Waals surface area contributed by atoms with E-state index in [0.717, 1.165) is 31.6 Å². The van der Waals surface area contributed by atoms with Gasteiger partial charge in [-0.05, 0) is 36.7 Å². The molecule has 3 rings (SSSR count). The van der Waals surface area contributed by atoms with Gasteiger partial charge in [-0.15, -0.1) is 0 Å². The molecule has 1 aliphatic heterocycles. The summed E-state index contributed by atoms with van der Waals surface area (Å²) in [6.45, 7) is 4.53. The van der Waals surface area contributed by atoms with Crippen LogP contribution in [-0.2, 0) is 0 Å². The van der Waals surface area contributed by atoms with Crippen LogP contribution < -0.4 is 5.32 Å². The number of hydrogen-bond acceptors (Lipinski definition) is 2. The van der Waals surface area contributed by atoms with Gasteiger partial charge in [0, 0.05) is 24.7 Å². The van der Waals surface area contributed by atoms with Crippen molar-refractivity contribution in [2.24, 2.45) is 0 Å². The van der Waals surface area contributed by atoms with Crippen LogP contribution in [0, 0.1) is 0 Å². The average molecular weight is 372 g/mol. The van der Waals surface area contributed by atoms with Crippen LogP contribution in [0.1, 0.15) is 36.6 Å². The van der Waals surface area contributed by atoms with Gasteiger partial charge in [0.1, 0.15) is 0 Å². The van der Waals surface area contributed by atoms with Crippen molar-refractivity contribution in [3.05, 3.63) is 70.7 Å². The van der Waals surface area contributed by atoms with E-state index in [-0.39, 0.29) is 18.1 Å². The van der Waals surface area contributed by atoms with E-state index < -0.39 is 0 Å². The number of halogens is 1. The van der Waals surface area contributed by atoms with Gasteiger partial charge in [-0.1, -0.05) is 61.0 Å². The predicted octanol–water partition coefficient (Wildman–Crippen LogP) is 4.49. The summed E-state index contributed by atoms with van der Waals surface area (Å²) >= 11 is 5.99. The molecule has 0 radical (unpaired) electrons. The number of carbonyl (C=O) groups is 1. The maximum atomic E-state index is 13.1. The number of likely N-dealkylation sites (N-methyl/N-ethyl adjacent to an activating group) is 1. The maximum Gasteiger partial charge on any atom is 0.318 e. The highest BCUT2D eigenvalue weighted by Crippen LogP contribution is 2.26. The summed E-state index contributed by atoms with van der Waals surface area (Å²) in [6, 6.07) is 18.0. The molecule has 2 atom stereocenters. The number of urea groups is 1. The van der Waals surface area contributed by atoms with Crippen LogP contribution in [0.3, 0.4) is 0 Å². The van der Waals surface area contributed by atoms with Gasteiger partial charge in [-0.3, -0.25) is 0 Å². The number of piperazine rings is 1. The molecule has 0 saturated carbocycles. The molecular weight excluding hydrogens is 346 g/mol. The molecule has 2 aromatic carbocycles. The number of nitrogens with one attached hydrogen (secondary N) is 1. The van der Waals surface area contributed by atoms with Crippen molar-refractivity contribution >= 4 is 17.6 Å². The first-order valence-electron chi connectivity index (χ1n) is 9.14. The van der Waals surface area contributed by atoms with Crippen LogP contribution in [0.2, 0.25) is 5.02 Å². The Balaban J connectivity index is 1.76. The monoisotopic (exact) mass is 371 g/mol. The zero-order chi connectivity index (χ0) is 18.5. The highest BCUT2D eigenvalue weighted by atomic mass is 35.5. The molecule has 2 amide bonds. The Hall–Kier alpha value is -2.04. The van der Waals surface area contributed by atoms with Crippen molar-refractivity contribution < 1.29 is 4.79 Å². The summed E-state index contributed by atoms with van der Waals surface area (Å²) in [4.78, 5) is 17.3. The predicted molar refractivity (Wildman–Crippen MR) is 106 cm³/mol. The van der Waals surface area contributed by atoms with Gasteiger partial charge in [0.05, 0.1) is 12.1 Å². The Bertz CT molecular complexity index is 720. The van der Waals surface area contributed by atoms with E-state index in [2.05, 4.69) is 36.3 Å². The van der Waals surface area contributed by atoms with Crippen molar-refractivity contribution in [1.82, 2.24) is 15.1 Å². The zero-order valence-corrected chi connectivity index (χ0v) is 16.1. The second kappa shape index (κ2) is 8.56. The molecule has 1 saturated heterocycles. The molecule has 2 unspecified atom stereocenters. The Morgan fingerprint density at radius 3 is 2.50 bits per heavy atom. The lowest BCUT2D eigenvalue weighted by atomic mass is 10.0. The van der Waals surface area contributed by atoms with E-state index in [1.165, 1.54) is 5.56 Å². The van der Waals surface area contributed by atoms with Crippen LogP contribution in [-0.4, -0.2) is 42.5 Å². The lowest BCUT2D eigenvalue weighted by Crippen LogP contribution is -2.52. The molecule has 0 bridgehead atoms. The topological polar surface area (TPSA) is 35.6 Å². The Morgan fingerprint density at radius 1 is 1.15 bits per heavy atom. The molecule has 0 aromatic heterocycles. The number of carbonyl (C=O) groups excluding carboxylic acids is 1.